The van der Waals surface area contributed by atoms with Gasteiger partial charge < -0.3 is 5.32 Å². The van der Waals surface area contributed by atoms with Gasteiger partial charge in [-0.05, 0) is 49.4 Å². The van der Waals surface area contributed by atoms with Crippen LogP contribution in [-0.2, 0) is 0 Å². The Labute approximate surface area is 132 Å². The van der Waals surface area contributed by atoms with Crippen molar-refractivity contribution >= 4 is 0 Å². The molecule has 0 bridgehead atoms. The van der Waals surface area contributed by atoms with Crippen molar-refractivity contribution in [1.82, 2.24) is 5.32 Å². The van der Waals surface area contributed by atoms with Gasteiger partial charge in [0.1, 0.15) is 0 Å². The Morgan fingerprint density at radius 1 is 0.762 bits per heavy atom. The van der Waals surface area contributed by atoms with Crippen molar-refractivity contribution in [3.05, 3.63) is 0 Å². The van der Waals surface area contributed by atoms with Crippen molar-refractivity contribution in [1.29, 1.82) is 0 Å². The number of hydrogen-bond acceptors (Lipinski definition) is 1. The maximum atomic E-state index is 4.18. The topological polar surface area (TPSA) is 12.0 Å². The molecule has 3 aliphatic carbocycles. The van der Waals surface area contributed by atoms with Gasteiger partial charge >= 0.3 is 0 Å². The quantitative estimate of drug-likeness (QED) is 0.717. The van der Waals surface area contributed by atoms with E-state index >= 15 is 0 Å². The number of hydrogen-bond donors (Lipinski definition) is 1. The van der Waals surface area contributed by atoms with E-state index in [4.69, 9.17) is 0 Å². The van der Waals surface area contributed by atoms with Crippen molar-refractivity contribution in [3.63, 3.8) is 0 Å². The van der Waals surface area contributed by atoms with Crippen LogP contribution in [0, 0.1) is 23.7 Å². The number of nitrogens with one attached hydrogen (secondary N) is 1. The predicted molar refractivity (Wildman–Crippen MR) is 91.4 cm³/mol. The third-order valence-corrected chi connectivity index (χ3v) is 7.25. The molecule has 5 atom stereocenters. The lowest BCUT2D eigenvalue weighted by Crippen LogP contribution is -2.48. The lowest BCUT2D eigenvalue weighted by Gasteiger charge is -2.41. The zero-order chi connectivity index (χ0) is 14.7. The second kappa shape index (κ2) is 7.49. The first-order valence-electron chi connectivity index (χ1n) is 10.1. The van der Waals surface area contributed by atoms with Gasteiger partial charge in [-0.1, -0.05) is 65.2 Å². The normalized spacial score (nSPS) is 42.3. The number of rotatable bonds is 4. The van der Waals surface area contributed by atoms with E-state index in [9.17, 15) is 0 Å². The van der Waals surface area contributed by atoms with E-state index in [0.29, 0.717) is 0 Å². The van der Waals surface area contributed by atoms with Crippen molar-refractivity contribution in [3.8, 4) is 0 Å². The zero-order valence-corrected chi connectivity index (χ0v) is 14.4. The standard InChI is InChI=1S/C20H37N/c1-3-16-13-14-19(15(16)2)21-20-12-8-7-11-18(20)17-9-5-4-6-10-17/h15-21H,3-14H2,1-2H3. The van der Waals surface area contributed by atoms with Gasteiger partial charge in [-0.15, -0.1) is 0 Å². The van der Waals surface area contributed by atoms with Crippen LogP contribution in [0.25, 0.3) is 0 Å². The Morgan fingerprint density at radius 2 is 1.48 bits per heavy atom. The van der Waals surface area contributed by atoms with Gasteiger partial charge in [0.2, 0.25) is 0 Å². The highest BCUT2D eigenvalue weighted by Gasteiger charge is 2.37. The van der Waals surface area contributed by atoms with Gasteiger partial charge in [-0.2, -0.15) is 0 Å². The maximum absolute atomic E-state index is 4.18. The zero-order valence-electron chi connectivity index (χ0n) is 14.4. The van der Waals surface area contributed by atoms with E-state index in [-0.39, 0.29) is 0 Å². The Bertz CT molecular complexity index is 307. The van der Waals surface area contributed by atoms with Crippen LogP contribution < -0.4 is 5.32 Å². The van der Waals surface area contributed by atoms with Crippen LogP contribution >= 0.6 is 0 Å². The first kappa shape index (κ1) is 15.8. The smallest absolute Gasteiger partial charge is 0.0101 e. The van der Waals surface area contributed by atoms with Gasteiger partial charge in [0.25, 0.3) is 0 Å². The molecule has 5 unspecified atom stereocenters. The summed E-state index contributed by atoms with van der Waals surface area (Å²) in [5.74, 6) is 3.95. The van der Waals surface area contributed by atoms with Crippen LogP contribution in [0.2, 0.25) is 0 Å². The van der Waals surface area contributed by atoms with Crippen LogP contribution in [0.4, 0.5) is 0 Å². The molecule has 3 rings (SSSR count). The summed E-state index contributed by atoms with van der Waals surface area (Å²) < 4.78 is 0. The van der Waals surface area contributed by atoms with E-state index < -0.39 is 0 Å². The predicted octanol–water partition coefficient (Wildman–Crippen LogP) is 5.54. The average Bonchev–Trinajstić information content (AvgIpc) is 2.89. The summed E-state index contributed by atoms with van der Waals surface area (Å²) in [4.78, 5) is 0. The third kappa shape index (κ3) is 3.66. The Balaban J connectivity index is 1.59. The highest BCUT2D eigenvalue weighted by atomic mass is 15.0. The second-order valence-electron chi connectivity index (χ2n) is 8.33. The second-order valence-corrected chi connectivity index (χ2v) is 8.33. The molecule has 0 radical (unpaired) electrons. The highest BCUT2D eigenvalue weighted by molar-refractivity contribution is 4.93. The van der Waals surface area contributed by atoms with E-state index in [1.165, 1.54) is 77.0 Å². The molecule has 0 aliphatic heterocycles. The van der Waals surface area contributed by atoms with Gasteiger partial charge in [0, 0.05) is 12.1 Å². The summed E-state index contributed by atoms with van der Waals surface area (Å²) >= 11 is 0. The van der Waals surface area contributed by atoms with E-state index in [1.807, 2.05) is 0 Å². The molecule has 1 heteroatoms. The average molecular weight is 292 g/mol. The molecule has 0 spiro atoms. The molecule has 0 heterocycles. The van der Waals surface area contributed by atoms with Crippen molar-refractivity contribution in [2.24, 2.45) is 23.7 Å². The van der Waals surface area contributed by atoms with Crippen molar-refractivity contribution < 1.29 is 0 Å². The Hall–Kier alpha value is -0.0400. The molecule has 0 aromatic carbocycles. The van der Waals surface area contributed by atoms with Gasteiger partial charge in [0.05, 0.1) is 0 Å². The van der Waals surface area contributed by atoms with E-state index in [2.05, 4.69) is 19.2 Å². The summed E-state index contributed by atoms with van der Waals surface area (Å²) in [6, 6.07) is 1.68. The molecule has 1 N–H and O–H groups in total. The van der Waals surface area contributed by atoms with E-state index in [0.717, 1.165) is 35.8 Å². The third-order valence-electron chi connectivity index (χ3n) is 7.25. The molecular weight excluding hydrogens is 254 g/mol. The monoisotopic (exact) mass is 291 g/mol. The molecule has 3 aliphatic rings. The Kier molecular flexibility index (Phi) is 5.65. The van der Waals surface area contributed by atoms with E-state index in [1.54, 1.807) is 0 Å². The molecule has 3 fully saturated rings. The van der Waals surface area contributed by atoms with Crippen molar-refractivity contribution in [2.75, 3.05) is 0 Å². The SMILES string of the molecule is CCC1CCC(NC2CCCCC2C2CCCCC2)C1C. The largest absolute Gasteiger partial charge is 0.311 e. The molecule has 3 saturated carbocycles. The first-order chi connectivity index (χ1) is 10.3. The van der Waals surface area contributed by atoms with Crippen LogP contribution in [0.3, 0.4) is 0 Å². The van der Waals surface area contributed by atoms with Gasteiger partial charge in [-0.3, -0.25) is 0 Å². The minimum atomic E-state index is 0.823. The summed E-state index contributed by atoms with van der Waals surface area (Å²) in [5.41, 5.74) is 0. The maximum Gasteiger partial charge on any atom is 0.0101 e. The molecule has 1 nitrogen and oxygen atoms in total. The fourth-order valence-electron chi connectivity index (χ4n) is 5.83. The summed E-state index contributed by atoms with van der Waals surface area (Å²) in [5, 5.41) is 4.18. The molecule has 21 heavy (non-hydrogen) atoms. The summed E-state index contributed by atoms with van der Waals surface area (Å²) in [7, 11) is 0. The molecule has 0 saturated heterocycles. The minimum absolute atomic E-state index is 0.823. The highest BCUT2D eigenvalue weighted by Crippen LogP contribution is 2.40. The molecular formula is C20H37N. The van der Waals surface area contributed by atoms with Crippen LogP contribution in [0.1, 0.15) is 90.9 Å². The molecule has 0 aromatic rings. The van der Waals surface area contributed by atoms with Crippen LogP contribution in [-0.4, -0.2) is 12.1 Å². The molecule has 0 aromatic heterocycles. The van der Waals surface area contributed by atoms with Gasteiger partial charge in [-0.25, -0.2) is 0 Å². The summed E-state index contributed by atoms with van der Waals surface area (Å²) in [6.07, 6.45) is 17.8. The minimum Gasteiger partial charge on any atom is -0.311 e. The summed E-state index contributed by atoms with van der Waals surface area (Å²) in [6.45, 7) is 4.90. The fraction of sp³-hybridized carbons (Fsp3) is 1.00. The lowest BCUT2D eigenvalue weighted by atomic mass is 9.70. The Morgan fingerprint density at radius 3 is 2.19 bits per heavy atom. The first-order valence-corrected chi connectivity index (χ1v) is 10.1. The van der Waals surface area contributed by atoms with Crippen LogP contribution in [0.5, 0.6) is 0 Å². The molecule has 0 amide bonds. The van der Waals surface area contributed by atoms with Crippen LogP contribution in [0.15, 0.2) is 0 Å². The van der Waals surface area contributed by atoms with Crippen molar-refractivity contribution in [2.45, 2.75) is 103 Å². The van der Waals surface area contributed by atoms with Gasteiger partial charge in [0.15, 0.2) is 0 Å². The fourth-order valence-corrected chi connectivity index (χ4v) is 5.83. The lowest BCUT2D eigenvalue weighted by molar-refractivity contribution is 0.135. The molecule has 122 valence electrons.